The average molecular weight is 450 g/mol. The maximum absolute atomic E-state index is 12.5. The maximum atomic E-state index is 12.5. The molecule has 3 aliphatic rings. The molecule has 1 spiro atoms. The van der Waals surface area contributed by atoms with Crippen LogP contribution in [-0.4, -0.2) is 41.5 Å². The van der Waals surface area contributed by atoms with Crippen molar-refractivity contribution in [3.63, 3.8) is 0 Å². The van der Waals surface area contributed by atoms with E-state index in [1.54, 1.807) is 0 Å². The van der Waals surface area contributed by atoms with Gasteiger partial charge in [-0.05, 0) is 61.6 Å². The lowest BCUT2D eigenvalue weighted by Crippen LogP contribution is -2.62. The molecule has 32 heavy (non-hydrogen) atoms. The summed E-state index contributed by atoms with van der Waals surface area (Å²) >= 11 is 6.27. The fraction of sp³-hybridized carbons (Fsp3) is 0.481. The summed E-state index contributed by atoms with van der Waals surface area (Å²) in [6.07, 6.45) is 9.09. The van der Waals surface area contributed by atoms with Crippen LogP contribution in [-0.2, 0) is 16.6 Å². The van der Waals surface area contributed by atoms with Gasteiger partial charge in [-0.2, -0.15) is 0 Å². The molecule has 168 valence electrons. The van der Waals surface area contributed by atoms with Gasteiger partial charge in [0.2, 0.25) is 6.41 Å². The van der Waals surface area contributed by atoms with Crippen molar-refractivity contribution in [3.05, 3.63) is 77.1 Å². The second-order valence-electron chi connectivity index (χ2n) is 9.82. The van der Waals surface area contributed by atoms with Crippen LogP contribution in [0.2, 0.25) is 5.15 Å². The third-order valence-corrected chi connectivity index (χ3v) is 8.61. The van der Waals surface area contributed by atoms with Crippen LogP contribution in [0.25, 0.3) is 0 Å². The average Bonchev–Trinajstić information content (AvgIpc) is 3.24. The van der Waals surface area contributed by atoms with Gasteiger partial charge in [0.15, 0.2) is 0 Å². The summed E-state index contributed by atoms with van der Waals surface area (Å²) in [4.78, 5) is 19.3. The summed E-state index contributed by atoms with van der Waals surface area (Å²) in [5.74, 6) is 0.739. The molecule has 1 aromatic heterocycles. The zero-order valence-corrected chi connectivity index (χ0v) is 19.4. The van der Waals surface area contributed by atoms with E-state index in [0.29, 0.717) is 17.0 Å². The lowest BCUT2D eigenvalue weighted by Gasteiger charge is -2.56. The summed E-state index contributed by atoms with van der Waals surface area (Å²) in [5.41, 5.74) is 3.55. The smallest absolute Gasteiger partial charge is 0.210 e. The van der Waals surface area contributed by atoms with Gasteiger partial charge in [-0.1, -0.05) is 54.1 Å². The standard InChI is InChI=1S/C27H32ClN3O/c1-2-13-27(16-21(12-15-31(27)19-32)20-7-4-3-5-8-20)24-17-29-18-26(24)14-6-9-23-22(26)10-11-25(28)30-23/h2-5,7-8,10-11,19,21,24,29H,1,6,9,12-18H2. The number of nitrogens with zero attached hydrogens (tertiary/aromatic N) is 2. The van der Waals surface area contributed by atoms with E-state index in [1.807, 2.05) is 12.1 Å². The van der Waals surface area contributed by atoms with Crippen LogP contribution in [0.4, 0.5) is 0 Å². The molecule has 2 aromatic rings. The lowest BCUT2D eigenvalue weighted by atomic mass is 9.56. The number of amides is 1. The third kappa shape index (κ3) is 3.39. The molecule has 1 aromatic carbocycles. The second kappa shape index (κ2) is 8.64. The number of benzene rings is 1. The largest absolute Gasteiger partial charge is 0.339 e. The molecule has 5 heteroatoms. The molecule has 2 aliphatic heterocycles. The predicted octanol–water partition coefficient (Wildman–Crippen LogP) is 4.88. The number of hydrogen-bond donors (Lipinski definition) is 1. The molecule has 1 aliphatic carbocycles. The number of fused-ring (bicyclic) bond motifs is 2. The van der Waals surface area contributed by atoms with Crippen molar-refractivity contribution in [2.75, 3.05) is 19.6 Å². The summed E-state index contributed by atoms with van der Waals surface area (Å²) in [7, 11) is 0. The number of carbonyl (C=O) groups is 1. The molecule has 4 unspecified atom stereocenters. The molecule has 1 N–H and O–H groups in total. The minimum absolute atomic E-state index is 0.0337. The Balaban J connectivity index is 1.62. The molecular formula is C27H32ClN3O. The number of rotatable bonds is 5. The third-order valence-electron chi connectivity index (χ3n) is 8.40. The quantitative estimate of drug-likeness (QED) is 0.402. The number of likely N-dealkylation sites (tertiary alicyclic amines) is 1. The van der Waals surface area contributed by atoms with Crippen LogP contribution >= 0.6 is 11.6 Å². The highest BCUT2D eigenvalue weighted by Gasteiger charge is 2.58. The number of halogens is 1. The highest BCUT2D eigenvalue weighted by Crippen LogP contribution is 2.55. The zero-order valence-electron chi connectivity index (χ0n) is 18.6. The first-order valence-electron chi connectivity index (χ1n) is 11.9. The Kier molecular flexibility index (Phi) is 5.85. The highest BCUT2D eigenvalue weighted by atomic mass is 35.5. The minimum Gasteiger partial charge on any atom is -0.339 e. The first-order valence-corrected chi connectivity index (χ1v) is 12.3. The van der Waals surface area contributed by atoms with Crippen LogP contribution in [0.3, 0.4) is 0 Å². The highest BCUT2D eigenvalue weighted by molar-refractivity contribution is 6.29. The Bertz CT molecular complexity index is 996. The van der Waals surface area contributed by atoms with Crippen LogP contribution in [0.15, 0.2) is 55.1 Å². The first kappa shape index (κ1) is 21.7. The second-order valence-corrected chi connectivity index (χ2v) is 10.2. The normalized spacial score (nSPS) is 32.0. The summed E-state index contributed by atoms with van der Waals surface area (Å²) < 4.78 is 0. The van der Waals surface area contributed by atoms with Crippen molar-refractivity contribution in [1.29, 1.82) is 0 Å². The van der Waals surface area contributed by atoms with Gasteiger partial charge < -0.3 is 10.2 Å². The Hall–Kier alpha value is -2.17. The van der Waals surface area contributed by atoms with Gasteiger partial charge in [-0.25, -0.2) is 4.98 Å². The topological polar surface area (TPSA) is 45.2 Å². The fourth-order valence-corrected chi connectivity index (χ4v) is 7.26. The van der Waals surface area contributed by atoms with Crippen molar-refractivity contribution < 1.29 is 4.79 Å². The van der Waals surface area contributed by atoms with Crippen LogP contribution < -0.4 is 5.32 Å². The molecule has 0 saturated carbocycles. The van der Waals surface area contributed by atoms with Crippen molar-refractivity contribution >= 4 is 18.0 Å². The molecule has 2 saturated heterocycles. The van der Waals surface area contributed by atoms with Crippen LogP contribution in [0.5, 0.6) is 0 Å². The molecule has 1 amide bonds. The van der Waals surface area contributed by atoms with E-state index >= 15 is 0 Å². The van der Waals surface area contributed by atoms with E-state index in [-0.39, 0.29) is 11.0 Å². The summed E-state index contributed by atoms with van der Waals surface area (Å²) in [6.45, 7) is 6.75. The lowest BCUT2D eigenvalue weighted by molar-refractivity contribution is -0.131. The number of aromatic nitrogens is 1. The molecule has 2 fully saturated rings. The molecule has 0 radical (unpaired) electrons. The van der Waals surface area contributed by atoms with Gasteiger partial charge in [0.25, 0.3) is 0 Å². The molecular weight excluding hydrogens is 418 g/mol. The van der Waals surface area contributed by atoms with E-state index in [4.69, 9.17) is 16.6 Å². The Morgan fingerprint density at radius 2 is 2.09 bits per heavy atom. The molecule has 4 atom stereocenters. The predicted molar refractivity (Wildman–Crippen MR) is 129 cm³/mol. The van der Waals surface area contributed by atoms with Gasteiger partial charge in [-0.3, -0.25) is 4.79 Å². The van der Waals surface area contributed by atoms with Gasteiger partial charge in [0.05, 0.1) is 5.54 Å². The maximum Gasteiger partial charge on any atom is 0.210 e. The van der Waals surface area contributed by atoms with Crippen molar-refractivity contribution in [3.8, 4) is 0 Å². The molecule has 3 heterocycles. The van der Waals surface area contributed by atoms with E-state index in [2.05, 4.69) is 53.2 Å². The van der Waals surface area contributed by atoms with Crippen LogP contribution in [0, 0.1) is 5.92 Å². The van der Waals surface area contributed by atoms with Gasteiger partial charge >= 0.3 is 0 Å². The number of nitrogens with one attached hydrogen (secondary N) is 1. The first-order chi connectivity index (χ1) is 15.6. The molecule has 0 bridgehead atoms. The minimum atomic E-state index is -0.264. The number of pyridine rings is 1. The summed E-state index contributed by atoms with van der Waals surface area (Å²) in [6, 6.07) is 15.0. The Morgan fingerprint density at radius 3 is 2.88 bits per heavy atom. The van der Waals surface area contributed by atoms with E-state index in [9.17, 15) is 4.79 Å². The van der Waals surface area contributed by atoms with Crippen molar-refractivity contribution in [2.24, 2.45) is 5.92 Å². The van der Waals surface area contributed by atoms with Gasteiger partial charge in [0.1, 0.15) is 5.15 Å². The van der Waals surface area contributed by atoms with Crippen molar-refractivity contribution in [2.45, 2.75) is 55.4 Å². The van der Waals surface area contributed by atoms with E-state index < -0.39 is 0 Å². The summed E-state index contributed by atoms with van der Waals surface area (Å²) in [5, 5.41) is 4.30. The Labute approximate surface area is 196 Å². The Morgan fingerprint density at radius 1 is 1.25 bits per heavy atom. The van der Waals surface area contributed by atoms with Gasteiger partial charge in [-0.15, -0.1) is 6.58 Å². The monoisotopic (exact) mass is 449 g/mol. The number of hydrogen-bond acceptors (Lipinski definition) is 3. The van der Waals surface area contributed by atoms with Crippen molar-refractivity contribution in [1.82, 2.24) is 15.2 Å². The zero-order chi connectivity index (χ0) is 22.2. The van der Waals surface area contributed by atoms with Crippen LogP contribution in [0.1, 0.15) is 54.8 Å². The number of aryl methyl sites for hydroxylation is 1. The van der Waals surface area contributed by atoms with E-state index in [1.165, 1.54) is 11.1 Å². The van der Waals surface area contributed by atoms with Gasteiger partial charge in [0, 0.05) is 36.7 Å². The SMILES string of the molecule is C=CCC1(C2CNCC23CCCc2nc(Cl)ccc23)CC(c2ccccc2)CCN1C=O. The fourth-order valence-electron chi connectivity index (χ4n) is 7.10. The number of piperidine rings is 1. The van der Waals surface area contributed by atoms with E-state index in [0.717, 1.165) is 70.3 Å². The molecule has 5 rings (SSSR count). The molecule has 4 nitrogen and oxygen atoms in total. The number of carbonyl (C=O) groups excluding carboxylic acids is 1.